The van der Waals surface area contributed by atoms with Crippen LogP contribution in [0.5, 0.6) is 0 Å². The Bertz CT molecular complexity index is 757. The number of aromatic nitrogens is 1. The Morgan fingerprint density at radius 1 is 1.42 bits per heavy atom. The molecular weight excluding hydrogens is 342 g/mol. The molecule has 2 aliphatic heterocycles. The van der Waals surface area contributed by atoms with E-state index < -0.39 is 0 Å². The molecule has 5 heteroatoms. The molecule has 1 spiro atoms. The van der Waals surface area contributed by atoms with Crippen molar-refractivity contribution in [2.24, 2.45) is 0 Å². The molecule has 2 aromatic heterocycles. The van der Waals surface area contributed by atoms with Gasteiger partial charge in [-0.2, -0.15) is 0 Å². The molecule has 2 atom stereocenters. The zero-order chi connectivity index (χ0) is 18.1. The molecule has 1 N–H and O–H groups in total. The van der Waals surface area contributed by atoms with Crippen LogP contribution in [0.25, 0.3) is 0 Å². The molecule has 0 bridgehead atoms. The van der Waals surface area contributed by atoms with Crippen LogP contribution in [0.3, 0.4) is 0 Å². The Labute approximate surface area is 160 Å². The molecule has 1 unspecified atom stereocenters. The number of piperidine rings is 1. The summed E-state index contributed by atoms with van der Waals surface area (Å²) in [6.45, 7) is 7.51. The van der Waals surface area contributed by atoms with E-state index in [1.165, 1.54) is 16.0 Å². The summed E-state index contributed by atoms with van der Waals surface area (Å²) in [6.07, 6.45) is 6.38. The molecule has 0 radical (unpaired) electrons. The van der Waals surface area contributed by atoms with Gasteiger partial charge in [0.2, 0.25) is 0 Å². The van der Waals surface area contributed by atoms with Crippen molar-refractivity contribution in [3.63, 3.8) is 0 Å². The SMILES string of the molecule is CCc1cc2c(s1)CCOC21CCN(Cc2ccc(NC)nc2)[C@@H](C)C1. The van der Waals surface area contributed by atoms with Crippen molar-refractivity contribution in [1.29, 1.82) is 0 Å². The number of ether oxygens (including phenoxy) is 1. The fourth-order valence-electron chi connectivity index (χ4n) is 4.41. The molecule has 1 saturated heterocycles. The standard InChI is InChI=1S/C21H29N3OS/c1-4-17-11-18-19(26-17)7-10-25-21(18)8-9-24(15(2)12-21)14-16-5-6-20(22-3)23-13-16/h5-6,11,13,15H,4,7-10,12,14H2,1-3H3,(H,22,23)/t15-,21?/m0/s1. The first-order valence-corrected chi connectivity index (χ1v) is 10.6. The van der Waals surface area contributed by atoms with E-state index in [2.05, 4.69) is 47.2 Å². The van der Waals surface area contributed by atoms with Gasteiger partial charge in [-0.1, -0.05) is 13.0 Å². The molecule has 0 amide bonds. The first kappa shape index (κ1) is 18.0. The number of thiophene rings is 1. The highest BCUT2D eigenvalue weighted by Crippen LogP contribution is 2.46. The molecule has 0 saturated carbocycles. The maximum Gasteiger partial charge on any atom is 0.125 e. The van der Waals surface area contributed by atoms with E-state index in [1.54, 1.807) is 4.88 Å². The van der Waals surface area contributed by atoms with Crippen LogP contribution in [0.4, 0.5) is 5.82 Å². The number of fused-ring (bicyclic) bond motifs is 2. The average molecular weight is 372 g/mol. The van der Waals surface area contributed by atoms with Crippen molar-refractivity contribution in [3.05, 3.63) is 45.3 Å². The maximum absolute atomic E-state index is 6.45. The zero-order valence-electron chi connectivity index (χ0n) is 16.0. The van der Waals surface area contributed by atoms with Crippen LogP contribution in [-0.4, -0.2) is 36.1 Å². The number of nitrogens with zero attached hydrogens (tertiary/aromatic N) is 2. The van der Waals surface area contributed by atoms with E-state index in [-0.39, 0.29) is 5.60 Å². The lowest BCUT2D eigenvalue weighted by molar-refractivity contribution is -0.112. The Balaban J connectivity index is 1.49. The summed E-state index contributed by atoms with van der Waals surface area (Å²) in [5.74, 6) is 0.923. The summed E-state index contributed by atoms with van der Waals surface area (Å²) < 4.78 is 6.45. The van der Waals surface area contributed by atoms with Gasteiger partial charge in [0.15, 0.2) is 0 Å². The Hall–Kier alpha value is -1.43. The summed E-state index contributed by atoms with van der Waals surface area (Å²) in [5.41, 5.74) is 2.72. The molecule has 2 aliphatic rings. The minimum atomic E-state index is -0.0539. The van der Waals surface area contributed by atoms with Gasteiger partial charge in [0, 0.05) is 48.6 Å². The smallest absolute Gasteiger partial charge is 0.125 e. The first-order chi connectivity index (χ1) is 12.6. The Morgan fingerprint density at radius 2 is 2.31 bits per heavy atom. The van der Waals surface area contributed by atoms with Crippen molar-refractivity contribution >= 4 is 17.2 Å². The van der Waals surface area contributed by atoms with Gasteiger partial charge in [0.1, 0.15) is 5.82 Å². The van der Waals surface area contributed by atoms with Gasteiger partial charge < -0.3 is 10.1 Å². The third-order valence-corrected chi connectivity index (χ3v) is 7.26. The monoisotopic (exact) mass is 371 g/mol. The molecule has 0 aromatic carbocycles. The molecule has 140 valence electrons. The Kier molecular flexibility index (Phi) is 5.04. The summed E-state index contributed by atoms with van der Waals surface area (Å²) in [6, 6.07) is 7.17. The lowest BCUT2D eigenvalue weighted by Gasteiger charge is -2.47. The van der Waals surface area contributed by atoms with E-state index in [1.807, 2.05) is 24.6 Å². The topological polar surface area (TPSA) is 37.4 Å². The van der Waals surface area contributed by atoms with Gasteiger partial charge in [-0.15, -0.1) is 11.3 Å². The number of aryl methyl sites for hydroxylation is 1. The number of hydrogen-bond donors (Lipinski definition) is 1. The van der Waals surface area contributed by atoms with Crippen LogP contribution in [0.2, 0.25) is 0 Å². The van der Waals surface area contributed by atoms with Crippen molar-refractivity contribution in [2.45, 2.75) is 57.7 Å². The van der Waals surface area contributed by atoms with E-state index >= 15 is 0 Å². The number of rotatable bonds is 4. The minimum Gasteiger partial charge on any atom is -0.373 e. The third kappa shape index (κ3) is 3.28. The zero-order valence-corrected chi connectivity index (χ0v) is 16.9. The number of nitrogens with one attached hydrogen (secondary N) is 1. The van der Waals surface area contributed by atoms with E-state index in [0.717, 1.165) is 51.2 Å². The second kappa shape index (κ2) is 7.29. The van der Waals surface area contributed by atoms with Crippen LogP contribution in [0.1, 0.15) is 47.6 Å². The fraction of sp³-hybridized carbons (Fsp3) is 0.571. The summed E-state index contributed by atoms with van der Waals surface area (Å²) in [5, 5.41) is 3.08. The lowest BCUT2D eigenvalue weighted by atomic mass is 9.79. The van der Waals surface area contributed by atoms with Crippen LogP contribution < -0.4 is 5.32 Å². The highest BCUT2D eigenvalue weighted by molar-refractivity contribution is 7.12. The van der Waals surface area contributed by atoms with Crippen molar-refractivity contribution < 1.29 is 4.74 Å². The molecular formula is C21H29N3OS. The van der Waals surface area contributed by atoms with E-state index in [4.69, 9.17) is 4.74 Å². The molecule has 0 aliphatic carbocycles. The average Bonchev–Trinajstić information content (AvgIpc) is 3.10. The van der Waals surface area contributed by atoms with Gasteiger partial charge >= 0.3 is 0 Å². The van der Waals surface area contributed by atoms with Gasteiger partial charge in [-0.25, -0.2) is 4.98 Å². The largest absolute Gasteiger partial charge is 0.373 e. The third-order valence-electron chi connectivity index (χ3n) is 5.92. The van der Waals surface area contributed by atoms with Crippen LogP contribution in [0.15, 0.2) is 24.4 Å². The summed E-state index contributed by atoms with van der Waals surface area (Å²) >= 11 is 2.00. The normalized spacial score (nSPS) is 26.0. The minimum absolute atomic E-state index is 0.0539. The number of hydrogen-bond acceptors (Lipinski definition) is 5. The molecule has 2 aromatic rings. The van der Waals surface area contributed by atoms with Crippen LogP contribution >= 0.6 is 11.3 Å². The second-order valence-corrected chi connectivity index (χ2v) is 8.79. The van der Waals surface area contributed by atoms with Gasteiger partial charge in [-0.05, 0) is 49.4 Å². The molecule has 4 heterocycles. The van der Waals surface area contributed by atoms with Gasteiger partial charge in [0.05, 0.1) is 12.2 Å². The number of anilines is 1. The highest BCUT2D eigenvalue weighted by Gasteiger charge is 2.44. The summed E-state index contributed by atoms with van der Waals surface area (Å²) in [7, 11) is 1.90. The number of pyridine rings is 1. The second-order valence-electron chi connectivity index (χ2n) is 7.57. The molecule has 1 fully saturated rings. The molecule has 4 nitrogen and oxygen atoms in total. The molecule has 4 rings (SSSR count). The van der Waals surface area contributed by atoms with Gasteiger partial charge in [0.25, 0.3) is 0 Å². The molecule has 26 heavy (non-hydrogen) atoms. The van der Waals surface area contributed by atoms with Gasteiger partial charge in [-0.3, -0.25) is 4.90 Å². The Morgan fingerprint density at radius 3 is 3.00 bits per heavy atom. The van der Waals surface area contributed by atoms with Crippen molar-refractivity contribution in [3.8, 4) is 0 Å². The first-order valence-electron chi connectivity index (χ1n) is 9.76. The maximum atomic E-state index is 6.45. The fourth-order valence-corrected chi connectivity index (χ4v) is 5.59. The van der Waals surface area contributed by atoms with Crippen molar-refractivity contribution in [1.82, 2.24) is 9.88 Å². The quantitative estimate of drug-likeness (QED) is 0.874. The van der Waals surface area contributed by atoms with E-state index in [0.29, 0.717) is 6.04 Å². The van der Waals surface area contributed by atoms with Crippen molar-refractivity contribution in [2.75, 3.05) is 25.5 Å². The predicted molar refractivity (Wildman–Crippen MR) is 108 cm³/mol. The highest BCUT2D eigenvalue weighted by atomic mass is 32.1. The van der Waals surface area contributed by atoms with E-state index in [9.17, 15) is 0 Å². The van der Waals surface area contributed by atoms with Crippen LogP contribution in [0, 0.1) is 0 Å². The summed E-state index contributed by atoms with van der Waals surface area (Å²) in [4.78, 5) is 10.1. The number of likely N-dealkylation sites (tertiary alicyclic amines) is 1. The van der Waals surface area contributed by atoms with Crippen LogP contribution in [-0.2, 0) is 29.7 Å². The predicted octanol–water partition coefficient (Wildman–Crippen LogP) is 4.20. The lowest BCUT2D eigenvalue weighted by Crippen LogP contribution is -2.50.